The maximum atomic E-state index is 6.37. The second-order valence-corrected chi connectivity index (χ2v) is 5.95. The monoisotopic (exact) mass is 298 g/mol. The van der Waals surface area contributed by atoms with Crippen molar-refractivity contribution in [2.24, 2.45) is 5.92 Å². The first-order valence-corrected chi connectivity index (χ1v) is 7.56. The molecular formula is C16H27ClN2O. The van der Waals surface area contributed by atoms with E-state index in [9.17, 15) is 0 Å². The fourth-order valence-corrected chi connectivity index (χ4v) is 2.22. The lowest BCUT2D eigenvalue weighted by atomic mass is 10.0. The molecule has 1 aromatic carbocycles. The summed E-state index contributed by atoms with van der Waals surface area (Å²) >= 11 is 6.37. The van der Waals surface area contributed by atoms with E-state index >= 15 is 0 Å². The molecule has 1 atom stereocenters. The molecular weight excluding hydrogens is 272 g/mol. The third kappa shape index (κ3) is 4.97. The van der Waals surface area contributed by atoms with Crippen LogP contribution in [-0.2, 0) is 11.3 Å². The summed E-state index contributed by atoms with van der Waals surface area (Å²) in [5, 5.41) is 4.13. The molecule has 0 aliphatic heterocycles. The third-order valence-corrected chi connectivity index (χ3v) is 4.17. The predicted molar refractivity (Wildman–Crippen MR) is 87.7 cm³/mol. The third-order valence-electron chi connectivity index (χ3n) is 3.82. The first-order valence-electron chi connectivity index (χ1n) is 7.18. The topological polar surface area (TPSA) is 24.5 Å². The molecule has 1 N–H and O–H groups in total. The number of nitrogens with zero attached hydrogens (tertiary/aromatic N) is 1. The van der Waals surface area contributed by atoms with Crippen LogP contribution in [0.1, 0.15) is 26.3 Å². The van der Waals surface area contributed by atoms with Crippen molar-refractivity contribution < 1.29 is 4.74 Å². The van der Waals surface area contributed by atoms with Gasteiger partial charge in [-0.25, -0.2) is 0 Å². The number of benzene rings is 1. The maximum absolute atomic E-state index is 6.37. The molecule has 1 rings (SSSR count). The van der Waals surface area contributed by atoms with Crippen molar-refractivity contribution in [2.75, 3.05) is 32.2 Å². The molecule has 0 radical (unpaired) electrons. The Hall–Kier alpha value is -0.770. The molecule has 4 heteroatoms. The van der Waals surface area contributed by atoms with Gasteiger partial charge in [-0.05, 0) is 30.5 Å². The molecule has 0 aliphatic rings. The van der Waals surface area contributed by atoms with Gasteiger partial charge in [-0.2, -0.15) is 0 Å². The van der Waals surface area contributed by atoms with E-state index in [0.29, 0.717) is 18.6 Å². The maximum Gasteiger partial charge on any atom is 0.0587 e. The molecule has 0 aromatic heterocycles. The molecule has 0 saturated heterocycles. The Morgan fingerprint density at radius 3 is 2.55 bits per heavy atom. The predicted octanol–water partition coefficient (Wildman–Crippen LogP) is 3.56. The molecule has 1 aromatic rings. The molecule has 0 bridgehead atoms. The quantitative estimate of drug-likeness (QED) is 0.743. The number of halogens is 1. The van der Waals surface area contributed by atoms with Crippen LogP contribution in [0, 0.1) is 5.92 Å². The molecule has 0 amide bonds. The Balaban J connectivity index is 2.67. The average Bonchev–Trinajstić information content (AvgIpc) is 2.43. The highest BCUT2D eigenvalue weighted by molar-refractivity contribution is 6.31. The molecule has 20 heavy (non-hydrogen) atoms. The molecule has 0 saturated carbocycles. The first-order chi connectivity index (χ1) is 9.47. The van der Waals surface area contributed by atoms with E-state index in [1.165, 1.54) is 0 Å². The van der Waals surface area contributed by atoms with E-state index in [-0.39, 0.29) is 0 Å². The summed E-state index contributed by atoms with van der Waals surface area (Å²) in [7, 11) is 3.82. The summed E-state index contributed by atoms with van der Waals surface area (Å²) in [4.78, 5) is 2.28. The normalized spacial score (nSPS) is 12.8. The van der Waals surface area contributed by atoms with Crippen LogP contribution in [0.15, 0.2) is 18.2 Å². The van der Waals surface area contributed by atoms with Crippen molar-refractivity contribution in [3.63, 3.8) is 0 Å². The summed E-state index contributed by atoms with van der Waals surface area (Å²) in [5.74, 6) is 0.606. The smallest absolute Gasteiger partial charge is 0.0587 e. The largest absolute Gasteiger partial charge is 0.383 e. The van der Waals surface area contributed by atoms with Gasteiger partial charge in [-0.15, -0.1) is 0 Å². The lowest BCUT2D eigenvalue weighted by Gasteiger charge is -2.30. The summed E-state index contributed by atoms with van der Waals surface area (Å²) in [6.07, 6.45) is 0. The van der Waals surface area contributed by atoms with Crippen molar-refractivity contribution in [1.29, 1.82) is 0 Å². The fraction of sp³-hybridized carbons (Fsp3) is 0.625. The molecule has 0 aliphatic carbocycles. The Morgan fingerprint density at radius 1 is 1.30 bits per heavy atom. The van der Waals surface area contributed by atoms with Crippen molar-refractivity contribution in [2.45, 2.75) is 33.4 Å². The SMILES string of the molecule is COCCNCc1ccc(N(C)C(C)C(C)C)cc1Cl. The molecule has 0 spiro atoms. The van der Waals surface area contributed by atoms with E-state index in [1.807, 2.05) is 6.07 Å². The second kappa shape index (κ2) is 8.50. The van der Waals surface area contributed by atoms with Gasteiger partial charge in [0.15, 0.2) is 0 Å². The van der Waals surface area contributed by atoms with Gasteiger partial charge in [0.1, 0.15) is 0 Å². The molecule has 0 fully saturated rings. The minimum atomic E-state index is 0.483. The van der Waals surface area contributed by atoms with Crippen LogP contribution in [0.3, 0.4) is 0 Å². The second-order valence-electron chi connectivity index (χ2n) is 5.54. The van der Waals surface area contributed by atoms with Crippen LogP contribution in [0.25, 0.3) is 0 Å². The van der Waals surface area contributed by atoms with Crippen LogP contribution < -0.4 is 10.2 Å². The zero-order chi connectivity index (χ0) is 15.1. The van der Waals surface area contributed by atoms with Crippen molar-refractivity contribution in [3.05, 3.63) is 28.8 Å². The molecule has 114 valence electrons. The standard InChI is InChI=1S/C16H27ClN2O/c1-12(2)13(3)19(4)15-7-6-14(16(17)10-15)11-18-8-9-20-5/h6-7,10,12-13,18H,8-9,11H2,1-5H3. The number of methoxy groups -OCH3 is 1. The van der Waals surface area contributed by atoms with E-state index in [1.54, 1.807) is 7.11 Å². The lowest BCUT2D eigenvalue weighted by Crippen LogP contribution is -2.33. The Morgan fingerprint density at radius 2 is 2.00 bits per heavy atom. The van der Waals surface area contributed by atoms with Gasteiger partial charge in [0.05, 0.1) is 6.61 Å². The van der Waals surface area contributed by atoms with Gasteiger partial charge in [0.25, 0.3) is 0 Å². The van der Waals surface area contributed by atoms with Crippen LogP contribution in [0.2, 0.25) is 5.02 Å². The van der Waals surface area contributed by atoms with Crippen LogP contribution in [0.5, 0.6) is 0 Å². The number of hydrogen-bond acceptors (Lipinski definition) is 3. The highest BCUT2D eigenvalue weighted by atomic mass is 35.5. The number of nitrogens with one attached hydrogen (secondary N) is 1. The van der Waals surface area contributed by atoms with Gasteiger partial charge < -0.3 is 15.0 Å². The van der Waals surface area contributed by atoms with Crippen LogP contribution in [0.4, 0.5) is 5.69 Å². The van der Waals surface area contributed by atoms with Crippen LogP contribution >= 0.6 is 11.6 Å². The highest BCUT2D eigenvalue weighted by Crippen LogP contribution is 2.25. The lowest BCUT2D eigenvalue weighted by molar-refractivity contribution is 0.199. The van der Waals surface area contributed by atoms with Crippen molar-refractivity contribution >= 4 is 17.3 Å². The molecule has 1 unspecified atom stereocenters. The van der Waals surface area contributed by atoms with Gasteiger partial charge in [-0.3, -0.25) is 0 Å². The summed E-state index contributed by atoms with van der Waals surface area (Å²) in [5.41, 5.74) is 2.29. The van der Waals surface area contributed by atoms with E-state index in [4.69, 9.17) is 16.3 Å². The number of ether oxygens (including phenoxy) is 1. The average molecular weight is 299 g/mol. The summed E-state index contributed by atoms with van der Waals surface area (Å²) in [6.45, 7) is 9.02. The molecule has 0 heterocycles. The Kier molecular flexibility index (Phi) is 7.35. The number of hydrogen-bond donors (Lipinski definition) is 1. The van der Waals surface area contributed by atoms with Gasteiger partial charge >= 0.3 is 0 Å². The minimum absolute atomic E-state index is 0.483. The fourth-order valence-electron chi connectivity index (χ4n) is 1.98. The number of anilines is 1. The van der Waals surface area contributed by atoms with E-state index < -0.39 is 0 Å². The van der Waals surface area contributed by atoms with Gasteiger partial charge in [-0.1, -0.05) is 31.5 Å². The van der Waals surface area contributed by atoms with Crippen LogP contribution in [-0.4, -0.2) is 33.4 Å². The summed E-state index contributed by atoms with van der Waals surface area (Å²) < 4.78 is 5.01. The van der Waals surface area contributed by atoms with Crippen molar-refractivity contribution in [3.8, 4) is 0 Å². The minimum Gasteiger partial charge on any atom is -0.383 e. The highest BCUT2D eigenvalue weighted by Gasteiger charge is 2.14. The van der Waals surface area contributed by atoms with E-state index in [0.717, 1.165) is 29.4 Å². The summed E-state index contributed by atoms with van der Waals surface area (Å²) in [6, 6.07) is 6.77. The van der Waals surface area contributed by atoms with Gasteiger partial charge in [0.2, 0.25) is 0 Å². The number of rotatable bonds is 8. The molecule has 3 nitrogen and oxygen atoms in total. The zero-order valence-electron chi connectivity index (χ0n) is 13.2. The van der Waals surface area contributed by atoms with Gasteiger partial charge in [0, 0.05) is 44.0 Å². The zero-order valence-corrected chi connectivity index (χ0v) is 14.0. The Bertz CT molecular complexity index is 409. The Labute approximate surface area is 128 Å². The van der Waals surface area contributed by atoms with Crippen molar-refractivity contribution in [1.82, 2.24) is 5.32 Å². The first kappa shape index (κ1) is 17.3. The van der Waals surface area contributed by atoms with E-state index in [2.05, 4.69) is 50.2 Å².